The fourth-order valence-electron chi connectivity index (χ4n) is 2.83. The number of benzene rings is 1. The topological polar surface area (TPSA) is 69.7 Å². The first-order valence-corrected chi connectivity index (χ1v) is 10.3. The molecule has 0 radical (unpaired) electrons. The highest BCUT2D eigenvalue weighted by Gasteiger charge is 2.30. The summed E-state index contributed by atoms with van der Waals surface area (Å²) in [6.07, 6.45) is 0.560. The van der Waals surface area contributed by atoms with Crippen molar-refractivity contribution in [2.45, 2.75) is 37.6 Å². The summed E-state index contributed by atoms with van der Waals surface area (Å²) < 4.78 is 40.9. The van der Waals surface area contributed by atoms with Crippen molar-refractivity contribution in [1.82, 2.24) is 14.5 Å². The predicted molar refractivity (Wildman–Crippen MR) is 99.1 cm³/mol. The quantitative estimate of drug-likeness (QED) is 0.832. The average Bonchev–Trinajstić information content (AvgIpc) is 2.74. The largest absolute Gasteiger partial charge is 0.350 e. The van der Waals surface area contributed by atoms with Crippen LogP contribution >= 0.6 is 11.6 Å². The lowest BCUT2D eigenvalue weighted by molar-refractivity contribution is -0.123. The number of hydrogen-bond donors (Lipinski definition) is 1. The van der Waals surface area contributed by atoms with Gasteiger partial charge in [-0.3, -0.25) is 9.69 Å². The summed E-state index contributed by atoms with van der Waals surface area (Å²) in [4.78, 5) is 13.6. The van der Waals surface area contributed by atoms with Crippen molar-refractivity contribution in [1.29, 1.82) is 0 Å². The smallest absolute Gasteiger partial charge is 0.246 e. The SMILES string of the molecule is CC(C)(C)NC(=O)CN1CCCN(S(=O)(=O)c2cccc(Cl)c2F)CC1. The molecule has 1 aliphatic heterocycles. The van der Waals surface area contributed by atoms with Gasteiger partial charge in [-0.15, -0.1) is 0 Å². The molecule has 1 aromatic carbocycles. The van der Waals surface area contributed by atoms with Crippen LogP contribution in [0.15, 0.2) is 23.1 Å². The zero-order valence-corrected chi connectivity index (χ0v) is 16.8. The van der Waals surface area contributed by atoms with Crippen molar-refractivity contribution < 1.29 is 17.6 Å². The molecule has 0 unspecified atom stereocenters. The van der Waals surface area contributed by atoms with E-state index in [1.165, 1.54) is 22.5 Å². The number of rotatable bonds is 4. The minimum Gasteiger partial charge on any atom is -0.350 e. The van der Waals surface area contributed by atoms with Crippen LogP contribution < -0.4 is 5.32 Å². The fraction of sp³-hybridized carbons (Fsp3) is 0.588. The molecule has 146 valence electrons. The lowest BCUT2D eigenvalue weighted by atomic mass is 10.1. The summed E-state index contributed by atoms with van der Waals surface area (Å²) in [5, 5.41) is 2.67. The Bertz CT molecular complexity index is 765. The van der Waals surface area contributed by atoms with E-state index in [0.717, 1.165) is 0 Å². The number of carbonyl (C=O) groups excluding carboxylic acids is 1. The predicted octanol–water partition coefficient (Wildman–Crippen LogP) is 2.09. The van der Waals surface area contributed by atoms with Crippen molar-refractivity contribution in [3.05, 3.63) is 29.0 Å². The molecule has 1 saturated heterocycles. The molecule has 0 aromatic heterocycles. The monoisotopic (exact) mass is 405 g/mol. The summed E-state index contributed by atoms with van der Waals surface area (Å²) in [5.74, 6) is -1.03. The number of nitrogens with zero attached hydrogens (tertiary/aromatic N) is 2. The third-order valence-corrected chi connectivity index (χ3v) is 6.17. The molecular weight excluding hydrogens is 381 g/mol. The molecule has 1 amide bonds. The number of hydrogen-bond acceptors (Lipinski definition) is 4. The van der Waals surface area contributed by atoms with Gasteiger partial charge in [0.15, 0.2) is 5.82 Å². The van der Waals surface area contributed by atoms with Crippen molar-refractivity contribution in [2.75, 3.05) is 32.7 Å². The van der Waals surface area contributed by atoms with Gasteiger partial charge in [0.1, 0.15) is 4.90 Å². The molecule has 6 nitrogen and oxygen atoms in total. The second-order valence-corrected chi connectivity index (χ2v) is 9.70. The van der Waals surface area contributed by atoms with Crippen LogP contribution in [0.5, 0.6) is 0 Å². The van der Waals surface area contributed by atoms with Gasteiger partial charge in [0.25, 0.3) is 0 Å². The Morgan fingerprint density at radius 2 is 1.92 bits per heavy atom. The van der Waals surface area contributed by atoms with Crippen LogP contribution in [0.25, 0.3) is 0 Å². The molecule has 0 atom stereocenters. The summed E-state index contributed by atoms with van der Waals surface area (Å²) in [7, 11) is -3.97. The lowest BCUT2D eigenvalue weighted by Crippen LogP contribution is -2.46. The van der Waals surface area contributed by atoms with Crippen LogP contribution in [0.1, 0.15) is 27.2 Å². The average molecular weight is 406 g/mol. The van der Waals surface area contributed by atoms with E-state index < -0.39 is 20.7 Å². The molecular formula is C17H25ClFN3O3S. The van der Waals surface area contributed by atoms with Gasteiger partial charge < -0.3 is 5.32 Å². The standard InChI is InChI=1S/C17H25ClFN3O3S/c1-17(2,3)20-15(23)12-21-8-5-9-22(11-10-21)26(24,25)14-7-4-6-13(18)16(14)19/h4,6-7H,5,8-12H2,1-3H3,(H,20,23). The second-order valence-electron chi connectivity index (χ2n) is 7.38. The highest BCUT2D eigenvalue weighted by atomic mass is 35.5. The Morgan fingerprint density at radius 3 is 2.58 bits per heavy atom. The minimum absolute atomic E-state index is 0.102. The Morgan fingerprint density at radius 1 is 1.23 bits per heavy atom. The first-order chi connectivity index (χ1) is 12.0. The molecule has 0 spiro atoms. The first-order valence-electron chi connectivity index (χ1n) is 8.48. The van der Waals surface area contributed by atoms with Crippen LogP contribution in [0, 0.1) is 5.82 Å². The van der Waals surface area contributed by atoms with E-state index in [4.69, 9.17) is 11.6 Å². The minimum atomic E-state index is -3.97. The summed E-state index contributed by atoms with van der Waals surface area (Å²) >= 11 is 5.71. The third kappa shape index (κ3) is 5.39. The van der Waals surface area contributed by atoms with E-state index in [-0.39, 0.29) is 36.1 Å². The van der Waals surface area contributed by atoms with Gasteiger partial charge in [0, 0.05) is 25.2 Å². The molecule has 1 aromatic rings. The van der Waals surface area contributed by atoms with Crippen molar-refractivity contribution in [3.8, 4) is 0 Å². The lowest BCUT2D eigenvalue weighted by Gasteiger charge is -2.25. The summed E-state index contributed by atoms with van der Waals surface area (Å²) in [6, 6.07) is 3.95. The molecule has 26 heavy (non-hydrogen) atoms. The van der Waals surface area contributed by atoms with Gasteiger partial charge in [-0.2, -0.15) is 4.31 Å². The summed E-state index contributed by atoms with van der Waals surface area (Å²) in [6.45, 7) is 7.38. The number of halogens is 2. The maximum Gasteiger partial charge on any atom is 0.246 e. The Kier molecular flexibility index (Phi) is 6.65. The highest BCUT2D eigenvalue weighted by molar-refractivity contribution is 7.89. The second kappa shape index (κ2) is 8.21. The zero-order valence-electron chi connectivity index (χ0n) is 15.3. The van der Waals surface area contributed by atoms with E-state index in [1.807, 2.05) is 25.7 Å². The normalized spacial score (nSPS) is 17.7. The fourth-order valence-corrected chi connectivity index (χ4v) is 4.62. The van der Waals surface area contributed by atoms with E-state index in [0.29, 0.717) is 19.5 Å². The Balaban J connectivity index is 2.06. The van der Waals surface area contributed by atoms with Gasteiger partial charge in [-0.05, 0) is 45.9 Å². The van der Waals surface area contributed by atoms with Crippen molar-refractivity contribution >= 4 is 27.5 Å². The van der Waals surface area contributed by atoms with Crippen molar-refractivity contribution in [2.24, 2.45) is 0 Å². The molecule has 0 saturated carbocycles. The number of nitrogens with one attached hydrogen (secondary N) is 1. The zero-order chi connectivity index (χ0) is 19.5. The molecule has 1 fully saturated rings. The number of carbonyl (C=O) groups is 1. The van der Waals surface area contributed by atoms with E-state index in [9.17, 15) is 17.6 Å². The van der Waals surface area contributed by atoms with E-state index in [2.05, 4.69) is 5.32 Å². The van der Waals surface area contributed by atoms with Crippen LogP contribution in [0.4, 0.5) is 4.39 Å². The molecule has 2 rings (SSSR count). The maximum absolute atomic E-state index is 14.2. The van der Waals surface area contributed by atoms with Gasteiger partial charge >= 0.3 is 0 Å². The molecule has 1 heterocycles. The van der Waals surface area contributed by atoms with Gasteiger partial charge in [0.2, 0.25) is 15.9 Å². The van der Waals surface area contributed by atoms with Crippen LogP contribution in [-0.4, -0.2) is 61.8 Å². The first kappa shape index (κ1) is 21.1. The van der Waals surface area contributed by atoms with Gasteiger partial charge in [-0.1, -0.05) is 17.7 Å². The van der Waals surface area contributed by atoms with Gasteiger partial charge in [0.05, 0.1) is 11.6 Å². The molecule has 0 aliphatic carbocycles. The number of amides is 1. The molecule has 1 N–H and O–H groups in total. The summed E-state index contributed by atoms with van der Waals surface area (Å²) in [5.41, 5.74) is -0.317. The van der Waals surface area contributed by atoms with Crippen molar-refractivity contribution in [3.63, 3.8) is 0 Å². The molecule has 9 heteroatoms. The van der Waals surface area contributed by atoms with Crippen LogP contribution in [0.3, 0.4) is 0 Å². The van der Waals surface area contributed by atoms with Crippen LogP contribution in [-0.2, 0) is 14.8 Å². The van der Waals surface area contributed by atoms with Crippen LogP contribution in [0.2, 0.25) is 5.02 Å². The molecule has 0 bridgehead atoms. The Labute approximate surface area is 159 Å². The Hall–Kier alpha value is -1.22. The molecule has 1 aliphatic rings. The maximum atomic E-state index is 14.2. The van der Waals surface area contributed by atoms with E-state index in [1.54, 1.807) is 0 Å². The third-order valence-electron chi connectivity index (χ3n) is 3.96. The number of sulfonamides is 1. The van der Waals surface area contributed by atoms with Gasteiger partial charge in [-0.25, -0.2) is 12.8 Å². The highest BCUT2D eigenvalue weighted by Crippen LogP contribution is 2.25. The van der Waals surface area contributed by atoms with E-state index >= 15 is 0 Å².